The Bertz CT molecular complexity index is 829. The van der Waals surface area contributed by atoms with Crippen LogP contribution in [0.4, 0.5) is 10.8 Å². The molecule has 1 heterocycles. The largest absolute Gasteiger partial charge is 0.355 e. The number of anilines is 2. The van der Waals surface area contributed by atoms with Gasteiger partial charge in [-0.15, -0.1) is 11.3 Å². The van der Waals surface area contributed by atoms with Gasteiger partial charge in [-0.05, 0) is 44.5 Å². The fourth-order valence-corrected chi connectivity index (χ4v) is 4.29. The van der Waals surface area contributed by atoms with Gasteiger partial charge in [0.25, 0.3) is 0 Å². The van der Waals surface area contributed by atoms with Crippen LogP contribution in [0.15, 0.2) is 17.5 Å². The first-order valence-electron chi connectivity index (χ1n) is 9.27. The zero-order valence-corrected chi connectivity index (χ0v) is 18.6. The summed E-state index contributed by atoms with van der Waals surface area (Å²) in [6, 6.07) is 3.84. The lowest BCUT2D eigenvalue weighted by Gasteiger charge is -2.22. The van der Waals surface area contributed by atoms with Crippen LogP contribution in [-0.4, -0.2) is 41.3 Å². The van der Waals surface area contributed by atoms with Gasteiger partial charge in [-0.2, -0.15) is 0 Å². The van der Waals surface area contributed by atoms with Crippen molar-refractivity contribution in [1.82, 2.24) is 15.2 Å². The molecule has 0 saturated carbocycles. The molecule has 0 unspecified atom stereocenters. The van der Waals surface area contributed by atoms with Gasteiger partial charge < -0.3 is 5.32 Å². The summed E-state index contributed by atoms with van der Waals surface area (Å²) in [4.78, 5) is 32.5. The highest BCUT2D eigenvalue weighted by molar-refractivity contribution is 7.14. The molecule has 2 rings (SSSR count). The van der Waals surface area contributed by atoms with Crippen LogP contribution in [0.5, 0.6) is 0 Å². The maximum Gasteiger partial charge on any atom is 0.234 e. The number of amides is 2. The molecule has 8 heteroatoms. The molecule has 0 spiro atoms. The molecule has 1 aromatic carbocycles. The number of halogens is 1. The van der Waals surface area contributed by atoms with E-state index in [9.17, 15) is 9.59 Å². The van der Waals surface area contributed by atoms with E-state index >= 15 is 0 Å². The first-order valence-corrected chi connectivity index (χ1v) is 10.5. The van der Waals surface area contributed by atoms with E-state index in [1.807, 2.05) is 50.1 Å². The molecule has 1 N–H and O–H groups in total. The normalized spacial score (nSPS) is 11.0. The molecule has 28 heavy (non-hydrogen) atoms. The minimum Gasteiger partial charge on any atom is -0.355 e. The third-order valence-corrected chi connectivity index (χ3v) is 5.40. The van der Waals surface area contributed by atoms with E-state index in [2.05, 4.69) is 10.3 Å². The Morgan fingerprint density at radius 1 is 1.25 bits per heavy atom. The van der Waals surface area contributed by atoms with Crippen molar-refractivity contribution in [1.29, 1.82) is 0 Å². The maximum atomic E-state index is 12.4. The Labute approximate surface area is 175 Å². The number of carbonyl (C=O) groups excluding carboxylic acids is 2. The van der Waals surface area contributed by atoms with Crippen molar-refractivity contribution in [3.8, 4) is 0 Å². The van der Waals surface area contributed by atoms with Gasteiger partial charge in [0.1, 0.15) is 0 Å². The highest BCUT2D eigenvalue weighted by Gasteiger charge is 2.23. The van der Waals surface area contributed by atoms with Gasteiger partial charge in [0, 0.05) is 25.4 Å². The summed E-state index contributed by atoms with van der Waals surface area (Å²) >= 11 is 7.85. The predicted octanol–water partition coefficient (Wildman–Crippen LogP) is 4.06. The molecular formula is C20H27ClN4O2S. The second kappa shape index (κ2) is 10.0. The monoisotopic (exact) mass is 422 g/mol. The molecule has 1 aromatic heterocycles. The lowest BCUT2D eigenvalue weighted by Crippen LogP contribution is -2.36. The van der Waals surface area contributed by atoms with Gasteiger partial charge in [0.2, 0.25) is 11.8 Å². The van der Waals surface area contributed by atoms with Crippen LogP contribution in [0.1, 0.15) is 37.6 Å². The highest BCUT2D eigenvalue weighted by Crippen LogP contribution is 2.37. The van der Waals surface area contributed by atoms with Crippen LogP contribution in [0.25, 0.3) is 0 Å². The molecule has 0 radical (unpaired) electrons. The molecule has 152 valence electrons. The number of likely N-dealkylation sites (N-methyl/N-ethyl adjacent to an activating group) is 2. The summed E-state index contributed by atoms with van der Waals surface area (Å²) in [5, 5.41) is 5.83. The lowest BCUT2D eigenvalue weighted by molar-refractivity contribution is -0.122. The average Bonchev–Trinajstić information content (AvgIpc) is 3.05. The number of hydrogen-bond acceptors (Lipinski definition) is 5. The topological polar surface area (TPSA) is 65.5 Å². The number of carbonyl (C=O) groups is 2. The van der Waals surface area contributed by atoms with Crippen molar-refractivity contribution in [3.05, 3.63) is 39.4 Å². The van der Waals surface area contributed by atoms with Crippen molar-refractivity contribution < 1.29 is 9.59 Å². The van der Waals surface area contributed by atoms with Crippen LogP contribution in [-0.2, 0) is 16.1 Å². The van der Waals surface area contributed by atoms with Crippen molar-refractivity contribution in [3.63, 3.8) is 0 Å². The summed E-state index contributed by atoms with van der Waals surface area (Å²) in [7, 11) is 0. The van der Waals surface area contributed by atoms with E-state index in [1.54, 1.807) is 4.90 Å². The standard InChI is InChI=1S/C20H27ClN4O2S/c1-6-22-18(27)11-24(7-2)10-16-12-28-20(23-16)25(15(5)26)19-14(4)8-13(3)9-17(19)21/h8-9,12H,6-7,10-11H2,1-5H3,(H,22,27). The van der Waals surface area contributed by atoms with Gasteiger partial charge >= 0.3 is 0 Å². The molecule has 2 amide bonds. The van der Waals surface area contributed by atoms with Crippen molar-refractivity contribution in [2.45, 2.75) is 41.2 Å². The third kappa shape index (κ3) is 5.53. The summed E-state index contributed by atoms with van der Waals surface area (Å²) in [5.41, 5.74) is 3.44. The molecule has 2 aromatic rings. The zero-order chi connectivity index (χ0) is 20.8. The number of benzene rings is 1. The van der Waals surface area contributed by atoms with E-state index < -0.39 is 0 Å². The van der Waals surface area contributed by atoms with Gasteiger partial charge in [0.05, 0.1) is 22.9 Å². The number of rotatable bonds is 8. The third-order valence-electron chi connectivity index (χ3n) is 4.24. The number of hydrogen-bond donors (Lipinski definition) is 1. The van der Waals surface area contributed by atoms with Gasteiger partial charge in [0.15, 0.2) is 5.13 Å². The Balaban J connectivity index is 2.27. The SMILES string of the molecule is CCNC(=O)CN(CC)Cc1csc(N(C(C)=O)c2c(C)cc(C)cc2Cl)n1. The second-order valence-electron chi connectivity index (χ2n) is 6.64. The van der Waals surface area contributed by atoms with Crippen LogP contribution >= 0.6 is 22.9 Å². The fraction of sp³-hybridized carbons (Fsp3) is 0.450. The smallest absolute Gasteiger partial charge is 0.234 e. The minimum absolute atomic E-state index is 0.00720. The number of nitrogens with one attached hydrogen (secondary N) is 1. The molecule has 0 saturated heterocycles. The number of thiazole rings is 1. The van der Waals surface area contributed by atoms with Gasteiger partial charge in [-0.25, -0.2) is 4.98 Å². The number of aromatic nitrogens is 1. The van der Waals surface area contributed by atoms with E-state index in [0.29, 0.717) is 35.5 Å². The summed E-state index contributed by atoms with van der Waals surface area (Å²) in [6.07, 6.45) is 0. The van der Waals surface area contributed by atoms with Crippen molar-refractivity contribution in [2.24, 2.45) is 0 Å². The highest BCUT2D eigenvalue weighted by atomic mass is 35.5. The lowest BCUT2D eigenvalue weighted by atomic mass is 10.1. The fourth-order valence-electron chi connectivity index (χ4n) is 3.02. The summed E-state index contributed by atoms with van der Waals surface area (Å²) < 4.78 is 0. The summed E-state index contributed by atoms with van der Waals surface area (Å²) in [6.45, 7) is 11.5. The molecule has 0 atom stereocenters. The van der Waals surface area contributed by atoms with Gasteiger partial charge in [-0.3, -0.25) is 19.4 Å². The minimum atomic E-state index is -0.149. The number of aryl methyl sites for hydroxylation is 2. The quantitative estimate of drug-likeness (QED) is 0.696. The van der Waals surface area contributed by atoms with Crippen LogP contribution in [0, 0.1) is 13.8 Å². The Kier molecular flexibility index (Phi) is 7.98. The van der Waals surface area contributed by atoms with Crippen LogP contribution in [0.3, 0.4) is 0 Å². The van der Waals surface area contributed by atoms with E-state index in [1.165, 1.54) is 18.3 Å². The van der Waals surface area contributed by atoms with E-state index in [0.717, 1.165) is 23.4 Å². The Morgan fingerprint density at radius 2 is 1.96 bits per heavy atom. The number of nitrogens with zero attached hydrogens (tertiary/aromatic N) is 3. The molecule has 0 aliphatic heterocycles. The molecule has 0 aliphatic carbocycles. The van der Waals surface area contributed by atoms with E-state index in [-0.39, 0.29) is 11.8 Å². The van der Waals surface area contributed by atoms with Crippen molar-refractivity contribution >= 4 is 45.6 Å². The van der Waals surface area contributed by atoms with E-state index in [4.69, 9.17) is 11.6 Å². The predicted molar refractivity (Wildman–Crippen MR) is 115 cm³/mol. The first-order chi connectivity index (χ1) is 13.3. The van der Waals surface area contributed by atoms with Gasteiger partial charge in [-0.1, -0.05) is 24.6 Å². The molecule has 0 aliphatic rings. The average molecular weight is 423 g/mol. The molecule has 0 bridgehead atoms. The molecule has 6 nitrogen and oxygen atoms in total. The Hall–Kier alpha value is -1.96. The summed E-state index contributed by atoms with van der Waals surface area (Å²) in [5.74, 6) is -0.156. The second-order valence-corrected chi connectivity index (χ2v) is 7.89. The molecular weight excluding hydrogens is 396 g/mol. The first kappa shape index (κ1) is 22.3. The maximum absolute atomic E-state index is 12.4. The van der Waals surface area contributed by atoms with Crippen LogP contribution < -0.4 is 10.2 Å². The van der Waals surface area contributed by atoms with Crippen LogP contribution in [0.2, 0.25) is 5.02 Å². The Morgan fingerprint density at radius 3 is 2.54 bits per heavy atom. The van der Waals surface area contributed by atoms with Crippen molar-refractivity contribution in [2.75, 3.05) is 24.5 Å². The zero-order valence-electron chi connectivity index (χ0n) is 17.0. The molecule has 0 fully saturated rings.